The Morgan fingerprint density at radius 1 is 1.25 bits per heavy atom. The molecule has 1 aliphatic rings. The first-order valence-electron chi connectivity index (χ1n) is 6.62. The van der Waals surface area contributed by atoms with Gasteiger partial charge >= 0.3 is 0 Å². The first-order chi connectivity index (χ1) is 9.65. The maximum Gasteiger partial charge on any atom is 0.276 e. The van der Waals surface area contributed by atoms with E-state index in [1.807, 2.05) is 0 Å². The number of hydrogen-bond donors (Lipinski definition) is 2. The van der Waals surface area contributed by atoms with Crippen LogP contribution in [0.3, 0.4) is 0 Å². The van der Waals surface area contributed by atoms with E-state index in [9.17, 15) is 14.0 Å². The second-order valence-corrected chi connectivity index (χ2v) is 4.76. The molecule has 0 bridgehead atoms. The molecule has 1 aromatic carbocycles. The molecule has 0 heterocycles. The van der Waals surface area contributed by atoms with Crippen LogP contribution in [-0.2, 0) is 9.59 Å². The molecule has 1 aromatic rings. The molecule has 0 saturated heterocycles. The predicted octanol–water partition coefficient (Wildman–Crippen LogP) is 1.54. The van der Waals surface area contributed by atoms with Crippen LogP contribution in [0.2, 0.25) is 0 Å². The Balaban J connectivity index is 1.69. The molecule has 1 aliphatic carbocycles. The van der Waals surface area contributed by atoms with Crippen molar-refractivity contribution in [1.82, 2.24) is 10.9 Å². The Morgan fingerprint density at radius 2 is 2.00 bits per heavy atom. The first-order valence-corrected chi connectivity index (χ1v) is 6.62. The van der Waals surface area contributed by atoms with Crippen LogP contribution in [0.15, 0.2) is 24.3 Å². The molecule has 0 radical (unpaired) electrons. The standard InChI is InChI=1S/C14H17FN2O3/c15-11-6-3-7-12(8-11)20-9-13(18)16-17-14(19)10-4-1-2-5-10/h3,6-8,10H,1-2,4-5,9H2,(H,16,18)(H,17,19). The van der Waals surface area contributed by atoms with E-state index in [-0.39, 0.29) is 24.2 Å². The minimum absolute atomic E-state index is 0.0144. The summed E-state index contributed by atoms with van der Waals surface area (Å²) in [4.78, 5) is 23.1. The first kappa shape index (κ1) is 14.3. The molecular formula is C14H17FN2O3. The van der Waals surface area contributed by atoms with E-state index in [1.165, 1.54) is 18.2 Å². The second-order valence-electron chi connectivity index (χ2n) is 4.76. The van der Waals surface area contributed by atoms with E-state index in [0.29, 0.717) is 0 Å². The average molecular weight is 280 g/mol. The van der Waals surface area contributed by atoms with Crippen LogP contribution in [0, 0.1) is 11.7 Å². The summed E-state index contributed by atoms with van der Waals surface area (Å²) in [7, 11) is 0. The Hall–Kier alpha value is -2.11. The van der Waals surface area contributed by atoms with Gasteiger partial charge in [-0.3, -0.25) is 20.4 Å². The molecule has 0 aliphatic heterocycles. The molecular weight excluding hydrogens is 263 g/mol. The Labute approximate surface area is 116 Å². The summed E-state index contributed by atoms with van der Waals surface area (Å²) >= 11 is 0. The lowest BCUT2D eigenvalue weighted by molar-refractivity contribution is -0.132. The maximum absolute atomic E-state index is 12.9. The summed E-state index contributed by atoms with van der Waals surface area (Å²) < 4.78 is 18.0. The minimum atomic E-state index is -0.486. The van der Waals surface area contributed by atoms with E-state index in [2.05, 4.69) is 10.9 Å². The summed E-state index contributed by atoms with van der Waals surface area (Å²) in [5.74, 6) is -0.832. The highest BCUT2D eigenvalue weighted by atomic mass is 19.1. The van der Waals surface area contributed by atoms with Crippen LogP contribution in [0.1, 0.15) is 25.7 Å². The van der Waals surface area contributed by atoms with Gasteiger partial charge in [0.25, 0.3) is 5.91 Å². The summed E-state index contributed by atoms with van der Waals surface area (Å²) in [5, 5.41) is 0. The van der Waals surface area contributed by atoms with E-state index in [4.69, 9.17) is 4.74 Å². The number of halogens is 1. The molecule has 0 spiro atoms. The number of hydrazine groups is 1. The normalized spacial score (nSPS) is 14.8. The van der Waals surface area contributed by atoms with E-state index >= 15 is 0 Å². The molecule has 2 amide bonds. The van der Waals surface area contributed by atoms with Crippen molar-refractivity contribution < 1.29 is 18.7 Å². The molecule has 6 heteroatoms. The highest BCUT2D eigenvalue weighted by molar-refractivity contribution is 5.84. The van der Waals surface area contributed by atoms with Crippen LogP contribution < -0.4 is 15.6 Å². The van der Waals surface area contributed by atoms with Crippen molar-refractivity contribution in [2.24, 2.45) is 5.92 Å². The number of amides is 2. The largest absolute Gasteiger partial charge is 0.484 e. The van der Waals surface area contributed by atoms with Gasteiger partial charge in [0, 0.05) is 12.0 Å². The van der Waals surface area contributed by atoms with Gasteiger partial charge in [-0.05, 0) is 25.0 Å². The number of nitrogens with one attached hydrogen (secondary N) is 2. The van der Waals surface area contributed by atoms with Gasteiger partial charge in [-0.25, -0.2) is 4.39 Å². The lowest BCUT2D eigenvalue weighted by Crippen LogP contribution is -2.45. The van der Waals surface area contributed by atoms with Crippen molar-refractivity contribution in [2.75, 3.05) is 6.61 Å². The molecule has 108 valence electrons. The van der Waals surface area contributed by atoms with E-state index in [0.717, 1.165) is 25.7 Å². The van der Waals surface area contributed by atoms with Crippen molar-refractivity contribution in [3.8, 4) is 5.75 Å². The van der Waals surface area contributed by atoms with Crippen molar-refractivity contribution in [3.05, 3.63) is 30.1 Å². The topological polar surface area (TPSA) is 67.4 Å². The van der Waals surface area contributed by atoms with Gasteiger partial charge in [-0.2, -0.15) is 0 Å². The van der Waals surface area contributed by atoms with Crippen molar-refractivity contribution >= 4 is 11.8 Å². The van der Waals surface area contributed by atoms with Gasteiger partial charge < -0.3 is 4.74 Å². The molecule has 0 aromatic heterocycles. The molecule has 20 heavy (non-hydrogen) atoms. The monoisotopic (exact) mass is 280 g/mol. The summed E-state index contributed by atoms with van der Waals surface area (Å²) in [5.41, 5.74) is 4.67. The quantitative estimate of drug-likeness (QED) is 0.822. The number of carbonyl (C=O) groups excluding carboxylic acids is 2. The van der Waals surface area contributed by atoms with Gasteiger partial charge in [-0.15, -0.1) is 0 Å². The third kappa shape index (κ3) is 4.22. The molecule has 1 fully saturated rings. The Kier molecular flexibility index (Phi) is 4.92. The third-order valence-corrected chi connectivity index (χ3v) is 3.22. The van der Waals surface area contributed by atoms with Gasteiger partial charge in [0.15, 0.2) is 6.61 Å². The number of rotatable bonds is 4. The van der Waals surface area contributed by atoms with Gasteiger partial charge in [0.2, 0.25) is 5.91 Å². The van der Waals surface area contributed by atoms with Crippen LogP contribution >= 0.6 is 0 Å². The summed E-state index contributed by atoms with van der Waals surface area (Å²) in [6.07, 6.45) is 3.83. The third-order valence-electron chi connectivity index (χ3n) is 3.22. The zero-order valence-electron chi connectivity index (χ0n) is 11.0. The van der Waals surface area contributed by atoms with Crippen molar-refractivity contribution in [3.63, 3.8) is 0 Å². The van der Waals surface area contributed by atoms with Crippen molar-refractivity contribution in [2.45, 2.75) is 25.7 Å². The Morgan fingerprint density at radius 3 is 2.70 bits per heavy atom. The van der Waals surface area contributed by atoms with Crippen molar-refractivity contribution in [1.29, 1.82) is 0 Å². The summed E-state index contributed by atoms with van der Waals surface area (Å²) in [6, 6.07) is 5.51. The zero-order valence-corrected chi connectivity index (χ0v) is 11.0. The molecule has 1 saturated carbocycles. The van der Waals surface area contributed by atoms with Crippen LogP contribution in [0.5, 0.6) is 5.75 Å². The number of carbonyl (C=O) groups is 2. The number of benzene rings is 1. The fourth-order valence-corrected chi connectivity index (χ4v) is 2.16. The SMILES string of the molecule is O=C(COc1cccc(F)c1)NNC(=O)C1CCCC1. The maximum atomic E-state index is 12.9. The van der Waals surface area contributed by atoms with E-state index < -0.39 is 11.7 Å². The van der Waals surface area contributed by atoms with Crippen LogP contribution in [-0.4, -0.2) is 18.4 Å². The molecule has 0 unspecified atom stereocenters. The predicted molar refractivity (Wildman–Crippen MR) is 70.1 cm³/mol. The Bertz CT molecular complexity index is 487. The molecule has 2 N–H and O–H groups in total. The molecule has 5 nitrogen and oxygen atoms in total. The average Bonchev–Trinajstić information content (AvgIpc) is 2.97. The van der Waals surface area contributed by atoms with E-state index in [1.54, 1.807) is 6.07 Å². The fourth-order valence-electron chi connectivity index (χ4n) is 2.16. The zero-order chi connectivity index (χ0) is 14.4. The second kappa shape index (κ2) is 6.88. The summed E-state index contributed by atoms with van der Waals surface area (Å²) in [6.45, 7) is -0.283. The minimum Gasteiger partial charge on any atom is -0.484 e. The lowest BCUT2D eigenvalue weighted by Gasteiger charge is -2.11. The van der Waals surface area contributed by atoms with Gasteiger partial charge in [0.1, 0.15) is 11.6 Å². The van der Waals surface area contributed by atoms with Gasteiger partial charge in [-0.1, -0.05) is 18.9 Å². The van der Waals surface area contributed by atoms with Gasteiger partial charge in [0.05, 0.1) is 0 Å². The molecule has 2 rings (SSSR count). The fraction of sp³-hybridized carbons (Fsp3) is 0.429. The van der Waals surface area contributed by atoms with Crippen LogP contribution in [0.4, 0.5) is 4.39 Å². The highest BCUT2D eigenvalue weighted by Gasteiger charge is 2.22. The smallest absolute Gasteiger partial charge is 0.276 e. The number of ether oxygens (including phenoxy) is 1. The highest BCUT2D eigenvalue weighted by Crippen LogP contribution is 2.24. The van der Waals surface area contributed by atoms with Crippen LogP contribution in [0.25, 0.3) is 0 Å². The lowest BCUT2D eigenvalue weighted by atomic mass is 10.1. The number of hydrogen-bond acceptors (Lipinski definition) is 3. The molecule has 0 atom stereocenters.